The van der Waals surface area contributed by atoms with Crippen molar-refractivity contribution in [2.24, 2.45) is 5.73 Å². The molecule has 0 radical (unpaired) electrons. The quantitative estimate of drug-likeness (QED) is 0.639. The van der Waals surface area contributed by atoms with E-state index in [1.165, 1.54) is 0 Å². The van der Waals surface area contributed by atoms with Gasteiger partial charge in [-0.2, -0.15) is 0 Å². The van der Waals surface area contributed by atoms with Crippen molar-refractivity contribution in [3.05, 3.63) is 0 Å². The van der Waals surface area contributed by atoms with Crippen LogP contribution in [-0.4, -0.2) is 26.0 Å². The molecule has 0 aliphatic rings. The van der Waals surface area contributed by atoms with Crippen LogP contribution in [0.15, 0.2) is 0 Å². The van der Waals surface area contributed by atoms with E-state index in [2.05, 4.69) is 6.92 Å². The minimum absolute atomic E-state index is 0.231. The fourth-order valence-corrected chi connectivity index (χ4v) is 2.20. The van der Waals surface area contributed by atoms with Gasteiger partial charge in [0.05, 0.1) is 11.0 Å². The highest BCUT2D eigenvalue weighted by molar-refractivity contribution is 7.92. The van der Waals surface area contributed by atoms with E-state index in [9.17, 15) is 8.42 Å². The molecule has 0 saturated carbocycles. The molecule has 4 heteroatoms. The van der Waals surface area contributed by atoms with E-state index in [1.807, 2.05) is 0 Å². The lowest BCUT2D eigenvalue weighted by Crippen LogP contribution is -2.28. The highest BCUT2D eigenvalue weighted by Gasteiger charge is 2.17. The molecule has 0 spiro atoms. The molecule has 0 fully saturated rings. The Bertz CT molecular complexity index is 199. The van der Waals surface area contributed by atoms with Crippen molar-refractivity contribution in [1.82, 2.24) is 0 Å². The first kappa shape index (κ1) is 11.9. The maximum Gasteiger partial charge on any atom is 0.154 e. The molecule has 12 heavy (non-hydrogen) atoms. The van der Waals surface area contributed by atoms with Crippen molar-refractivity contribution in [3.8, 4) is 0 Å². The predicted octanol–water partition coefficient (Wildman–Crippen LogP) is 0.939. The zero-order valence-electron chi connectivity index (χ0n) is 7.91. The molecule has 1 unspecified atom stereocenters. The molecule has 0 aliphatic carbocycles. The van der Waals surface area contributed by atoms with Gasteiger partial charge in [0, 0.05) is 6.54 Å². The Hall–Kier alpha value is -0.0900. The van der Waals surface area contributed by atoms with Crippen molar-refractivity contribution >= 4 is 9.84 Å². The van der Waals surface area contributed by atoms with Crippen LogP contribution in [0.25, 0.3) is 0 Å². The molecular weight excluding hydrogens is 174 g/mol. The van der Waals surface area contributed by atoms with Crippen LogP contribution in [0, 0.1) is 0 Å². The van der Waals surface area contributed by atoms with Gasteiger partial charge in [0.15, 0.2) is 9.84 Å². The Morgan fingerprint density at radius 3 is 2.33 bits per heavy atom. The molecule has 0 aromatic rings. The van der Waals surface area contributed by atoms with E-state index >= 15 is 0 Å². The third kappa shape index (κ3) is 4.07. The third-order valence-electron chi connectivity index (χ3n) is 1.98. The van der Waals surface area contributed by atoms with Crippen molar-refractivity contribution in [3.63, 3.8) is 0 Å². The summed E-state index contributed by atoms with van der Waals surface area (Å²) in [6.45, 7) is 3.95. The molecule has 74 valence electrons. The Labute approximate surface area is 75.3 Å². The van der Waals surface area contributed by atoms with Gasteiger partial charge in [-0.05, 0) is 13.3 Å². The number of rotatable bonds is 6. The van der Waals surface area contributed by atoms with Crippen LogP contribution in [0.4, 0.5) is 0 Å². The summed E-state index contributed by atoms with van der Waals surface area (Å²) in [5.74, 6) is 0.291. The zero-order valence-corrected chi connectivity index (χ0v) is 8.73. The molecule has 0 heterocycles. The Balaban J connectivity index is 3.88. The summed E-state index contributed by atoms with van der Waals surface area (Å²) in [6, 6.07) is 0. The van der Waals surface area contributed by atoms with Crippen LogP contribution in [0.3, 0.4) is 0 Å². The molecule has 0 aliphatic heterocycles. The van der Waals surface area contributed by atoms with Gasteiger partial charge in [-0.1, -0.05) is 19.8 Å². The average molecular weight is 193 g/mol. The molecule has 2 N–H and O–H groups in total. The van der Waals surface area contributed by atoms with Gasteiger partial charge in [-0.15, -0.1) is 0 Å². The maximum atomic E-state index is 11.4. The van der Waals surface area contributed by atoms with Gasteiger partial charge in [0.2, 0.25) is 0 Å². The first-order chi connectivity index (χ1) is 5.54. The van der Waals surface area contributed by atoms with Crippen LogP contribution in [0.2, 0.25) is 0 Å². The van der Waals surface area contributed by atoms with Gasteiger partial charge in [-0.3, -0.25) is 0 Å². The molecule has 0 aromatic heterocycles. The van der Waals surface area contributed by atoms with E-state index in [0.29, 0.717) is 5.75 Å². The van der Waals surface area contributed by atoms with E-state index < -0.39 is 9.84 Å². The van der Waals surface area contributed by atoms with E-state index in [0.717, 1.165) is 19.3 Å². The van der Waals surface area contributed by atoms with Crippen molar-refractivity contribution in [2.45, 2.75) is 38.4 Å². The highest BCUT2D eigenvalue weighted by Crippen LogP contribution is 2.05. The zero-order chi connectivity index (χ0) is 9.61. The largest absolute Gasteiger partial charge is 0.329 e. The second kappa shape index (κ2) is 5.54. The lowest BCUT2D eigenvalue weighted by Gasteiger charge is -2.09. The minimum Gasteiger partial charge on any atom is -0.329 e. The molecule has 0 bridgehead atoms. The lowest BCUT2D eigenvalue weighted by atomic mass is 10.3. The first-order valence-electron chi connectivity index (χ1n) is 4.46. The summed E-state index contributed by atoms with van der Waals surface area (Å²) >= 11 is 0. The Kier molecular flexibility index (Phi) is 5.50. The average Bonchev–Trinajstić information content (AvgIpc) is 2.03. The molecule has 0 aromatic carbocycles. The minimum atomic E-state index is -2.91. The third-order valence-corrected chi connectivity index (χ3v) is 4.25. The van der Waals surface area contributed by atoms with E-state index in [4.69, 9.17) is 5.73 Å². The van der Waals surface area contributed by atoms with Gasteiger partial charge in [-0.25, -0.2) is 8.42 Å². The SMILES string of the molecule is CCCCCS(=O)(=O)C(C)CN. The Morgan fingerprint density at radius 2 is 1.92 bits per heavy atom. The highest BCUT2D eigenvalue weighted by atomic mass is 32.2. The number of nitrogens with two attached hydrogens (primary N) is 1. The molecule has 0 saturated heterocycles. The number of unbranched alkanes of at least 4 members (excludes halogenated alkanes) is 2. The molecule has 1 atom stereocenters. The van der Waals surface area contributed by atoms with Gasteiger partial charge < -0.3 is 5.73 Å². The lowest BCUT2D eigenvalue weighted by molar-refractivity contribution is 0.579. The first-order valence-corrected chi connectivity index (χ1v) is 6.17. The second-order valence-electron chi connectivity index (χ2n) is 3.12. The fourth-order valence-electron chi connectivity index (χ4n) is 0.901. The summed E-state index contributed by atoms with van der Waals surface area (Å²) in [5, 5.41) is -0.380. The smallest absolute Gasteiger partial charge is 0.154 e. The Morgan fingerprint density at radius 1 is 1.33 bits per heavy atom. The maximum absolute atomic E-state index is 11.4. The normalized spacial score (nSPS) is 14.6. The van der Waals surface area contributed by atoms with Crippen LogP contribution in [-0.2, 0) is 9.84 Å². The molecule has 0 rings (SSSR count). The number of sulfone groups is 1. The summed E-state index contributed by atoms with van der Waals surface area (Å²) in [7, 11) is -2.91. The summed E-state index contributed by atoms with van der Waals surface area (Å²) < 4.78 is 22.7. The predicted molar refractivity (Wildman–Crippen MR) is 51.8 cm³/mol. The summed E-state index contributed by atoms with van der Waals surface area (Å²) in [5.41, 5.74) is 5.28. The topological polar surface area (TPSA) is 60.2 Å². The number of hydrogen-bond donors (Lipinski definition) is 1. The van der Waals surface area contributed by atoms with Gasteiger partial charge in [0.1, 0.15) is 0 Å². The van der Waals surface area contributed by atoms with Crippen molar-refractivity contribution in [1.29, 1.82) is 0 Å². The van der Waals surface area contributed by atoms with Gasteiger partial charge >= 0.3 is 0 Å². The summed E-state index contributed by atoms with van der Waals surface area (Å²) in [4.78, 5) is 0. The van der Waals surface area contributed by atoms with E-state index in [-0.39, 0.29) is 11.8 Å². The molecule has 3 nitrogen and oxygen atoms in total. The number of hydrogen-bond acceptors (Lipinski definition) is 3. The van der Waals surface area contributed by atoms with Crippen molar-refractivity contribution < 1.29 is 8.42 Å². The van der Waals surface area contributed by atoms with Crippen LogP contribution >= 0.6 is 0 Å². The molecule has 0 amide bonds. The second-order valence-corrected chi connectivity index (χ2v) is 5.66. The van der Waals surface area contributed by atoms with Crippen LogP contribution in [0.5, 0.6) is 0 Å². The van der Waals surface area contributed by atoms with Crippen LogP contribution in [0.1, 0.15) is 33.1 Å². The van der Waals surface area contributed by atoms with Crippen molar-refractivity contribution in [2.75, 3.05) is 12.3 Å². The summed E-state index contributed by atoms with van der Waals surface area (Å²) in [6.07, 6.45) is 2.80. The monoisotopic (exact) mass is 193 g/mol. The van der Waals surface area contributed by atoms with E-state index in [1.54, 1.807) is 6.92 Å². The van der Waals surface area contributed by atoms with Crippen LogP contribution < -0.4 is 5.73 Å². The molecular formula is C8H19NO2S. The fraction of sp³-hybridized carbons (Fsp3) is 1.00. The standard InChI is InChI=1S/C8H19NO2S/c1-3-4-5-6-12(10,11)8(2)7-9/h8H,3-7,9H2,1-2H3. The van der Waals surface area contributed by atoms with Gasteiger partial charge in [0.25, 0.3) is 0 Å².